The maximum absolute atomic E-state index is 12.0. The number of aryl methyl sites for hydroxylation is 1. The second-order valence-electron chi connectivity index (χ2n) is 3.75. The van der Waals surface area contributed by atoms with Gasteiger partial charge >= 0.3 is 0 Å². The number of benzene rings is 1. The third-order valence-corrected chi connectivity index (χ3v) is 4.79. The highest BCUT2D eigenvalue weighted by Gasteiger charge is 2.25. The SMILES string of the molecule is CCc1ccc2c(c1)S(=O)(=O)N=C(SCCO)N2. The summed E-state index contributed by atoms with van der Waals surface area (Å²) >= 11 is 1.18. The van der Waals surface area contributed by atoms with E-state index in [0.29, 0.717) is 16.6 Å². The second-order valence-corrected chi connectivity index (χ2v) is 6.41. The summed E-state index contributed by atoms with van der Waals surface area (Å²) in [5.41, 5.74) is 1.50. The molecule has 2 N–H and O–H groups in total. The Morgan fingerprint density at radius 2 is 2.22 bits per heavy atom. The molecule has 0 bridgehead atoms. The highest BCUT2D eigenvalue weighted by atomic mass is 32.2. The van der Waals surface area contributed by atoms with Gasteiger partial charge in [0.15, 0.2) is 5.17 Å². The summed E-state index contributed by atoms with van der Waals surface area (Å²) in [6, 6.07) is 5.29. The van der Waals surface area contributed by atoms with Crippen LogP contribution < -0.4 is 5.32 Å². The quantitative estimate of drug-likeness (QED) is 0.879. The fraction of sp³-hybridized carbons (Fsp3) is 0.364. The van der Waals surface area contributed by atoms with Gasteiger partial charge in [-0.25, -0.2) is 0 Å². The van der Waals surface area contributed by atoms with Crippen LogP contribution in [-0.4, -0.2) is 31.1 Å². The molecule has 0 aliphatic carbocycles. The van der Waals surface area contributed by atoms with Gasteiger partial charge < -0.3 is 10.4 Å². The van der Waals surface area contributed by atoms with Gasteiger partial charge in [0, 0.05) is 5.75 Å². The topological polar surface area (TPSA) is 78.8 Å². The molecule has 0 radical (unpaired) electrons. The molecular weight excluding hydrogens is 272 g/mol. The highest BCUT2D eigenvalue weighted by Crippen LogP contribution is 2.30. The van der Waals surface area contributed by atoms with Crippen LogP contribution in [0.2, 0.25) is 0 Å². The predicted octanol–water partition coefficient (Wildman–Crippen LogP) is 1.44. The molecule has 7 heteroatoms. The van der Waals surface area contributed by atoms with Gasteiger partial charge in [-0.3, -0.25) is 0 Å². The van der Waals surface area contributed by atoms with Crippen LogP contribution in [0.5, 0.6) is 0 Å². The van der Waals surface area contributed by atoms with Crippen LogP contribution in [-0.2, 0) is 16.4 Å². The lowest BCUT2D eigenvalue weighted by atomic mass is 10.1. The third-order valence-electron chi connectivity index (χ3n) is 2.51. The second kappa shape index (κ2) is 5.29. The van der Waals surface area contributed by atoms with Crippen LogP contribution in [0.15, 0.2) is 27.5 Å². The number of nitrogens with zero attached hydrogens (tertiary/aromatic N) is 1. The minimum Gasteiger partial charge on any atom is -0.396 e. The molecule has 1 aromatic rings. The van der Waals surface area contributed by atoms with Crippen molar-refractivity contribution >= 4 is 32.6 Å². The average molecular weight is 286 g/mol. The van der Waals surface area contributed by atoms with Crippen molar-refractivity contribution in [3.63, 3.8) is 0 Å². The Morgan fingerprint density at radius 3 is 2.89 bits per heavy atom. The summed E-state index contributed by atoms with van der Waals surface area (Å²) < 4.78 is 27.7. The molecular formula is C11H14N2O3S2. The molecule has 0 spiro atoms. The molecule has 98 valence electrons. The van der Waals surface area contributed by atoms with Crippen molar-refractivity contribution < 1.29 is 13.5 Å². The first-order valence-electron chi connectivity index (χ1n) is 5.55. The Hall–Kier alpha value is -1.05. The van der Waals surface area contributed by atoms with Crippen LogP contribution >= 0.6 is 11.8 Å². The molecule has 0 amide bonds. The molecule has 5 nitrogen and oxygen atoms in total. The fourth-order valence-electron chi connectivity index (χ4n) is 1.60. The van der Waals surface area contributed by atoms with Crippen LogP contribution in [0, 0.1) is 0 Å². The van der Waals surface area contributed by atoms with Gasteiger partial charge in [0.1, 0.15) is 4.90 Å². The van der Waals surface area contributed by atoms with Crippen LogP contribution in [0.4, 0.5) is 5.69 Å². The van der Waals surface area contributed by atoms with E-state index in [-0.39, 0.29) is 11.5 Å². The fourth-order valence-corrected chi connectivity index (χ4v) is 3.64. The lowest BCUT2D eigenvalue weighted by Gasteiger charge is -2.18. The van der Waals surface area contributed by atoms with E-state index in [4.69, 9.17) is 5.11 Å². The molecule has 1 aromatic carbocycles. The zero-order valence-electron chi connectivity index (χ0n) is 9.88. The molecule has 0 fully saturated rings. The van der Waals surface area contributed by atoms with Gasteiger partial charge in [0.25, 0.3) is 10.0 Å². The Balaban J connectivity index is 2.39. The number of hydrogen-bond acceptors (Lipinski definition) is 5. The van der Waals surface area contributed by atoms with Gasteiger partial charge in [0.2, 0.25) is 0 Å². The molecule has 0 saturated carbocycles. The van der Waals surface area contributed by atoms with Crippen LogP contribution in [0.1, 0.15) is 12.5 Å². The Kier molecular flexibility index (Phi) is 3.94. The number of anilines is 1. The smallest absolute Gasteiger partial charge is 0.286 e. The van der Waals surface area contributed by atoms with E-state index >= 15 is 0 Å². The Labute approximate surface area is 110 Å². The monoisotopic (exact) mass is 286 g/mol. The zero-order chi connectivity index (χ0) is 13.2. The summed E-state index contributed by atoms with van der Waals surface area (Å²) in [6.45, 7) is 1.95. The maximum Gasteiger partial charge on any atom is 0.286 e. The minimum atomic E-state index is -3.63. The molecule has 1 aliphatic heterocycles. The van der Waals surface area contributed by atoms with Crippen molar-refractivity contribution in [2.45, 2.75) is 18.2 Å². The van der Waals surface area contributed by atoms with Gasteiger partial charge in [0.05, 0.1) is 12.3 Å². The van der Waals surface area contributed by atoms with E-state index in [9.17, 15) is 8.42 Å². The number of fused-ring (bicyclic) bond motifs is 1. The average Bonchev–Trinajstić information content (AvgIpc) is 2.35. The summed E-state index contributed by atoms with van der Waals surface area (Å²) in [7, 11) is -3.63. The maximum atomic E-state index is 12.0. The highest BCUT2D eigenvalue weighted by molar-refractivity contribution is 8.14. The lowest BCUT2D eigenvalue weighted by Crippen LogP contribution is -2.19. The number of aliphatic hydroxyl groups is 1. The normalized spacial score (nSPS) is 16.7. The molecule has 1 heterocycles. The van der Waals surface area contributed by atoms with E-state index in [0.717, 1.165) is 12.0 Å². The molecule has 18 heavy (non-hydrogen) atoms. The van der Waals surface area contributed by atoms with E-state index in [2.05, 4.69) is 9.71 Å². The predicted molar refractivity (Wildman–Crippen MR) is 73.6 cm³/mol. The van der Waals surface area contributed by atoms with Crippen LogP contribution in [0.3, 0.4) is 0 Å². The first-order valence-corrected chi connectivity index (χ1v) is 7.98. The van der Waals surface area contributed by atoms with E-state index in [1.165, 1.54) is 11.8 Å². The summed E-state index contributed by atoms with van der Waals surface area (Å²) in [4.78, 5) is 0.218. The number of aliphatic hydroxyl groups excluding tert-OH is 1. The number of sulfonamides is 1. The molecule has 2 rings (SSSR count). The van der Waals surface area contributed by atoms with Crippen LogP contribution in [0.25, 0.3) is 0 Å². The molecule has 0 aromatic heterocycles. The van der Waals surface area contributed by atoms with Gasteiger partial charge in [-0.15, -0.1) is 4.40 Å². The van der Waals surface area contributed by atoms with E-state index in [1.807, 2.05) is 13.0 Å². The van der Waals surface area contributed by atoms with Crippen molar-refractivity contribution in [1.82, 2.24) is 0 Å². The van der Waals surface area contributed by atoms with Crippen molar-refractivity contribution in [2.75, 3.05) is 17.7 Å². The van der Waals surface area contributed by atoms with E-state index < -0.39 is 10.0 Å². The molecule has 0 saturated heterocycles. The first-order chi connectivity index (χ1) is 8.56. The molecule has 0 unspecified atom stereocenters. The summed E-state index contributed by atoms with van der Waals surface area (Å²) in [5, 5.41) is 12.0. The van der Waals surface area contributed by atoms with Crippen molar-refractivity contribution in [2.24, 2.45) is 4.40 Å². The summed E-state index contributed by atoms with van der Waals surface area (Å²) in [6.07, 6.45) is 0.776. The number of thioether (sulfide) groups is 1. The van der Waals surface area contributed by atoms with Gasteiger partial charge in [-0.2, -0.15) is 8.42 Å². The number of amidine groups is 1. The van der Waals surface area contributed by atoms with Crippen molar-refractivity contribution in [1.29, 1.82) is 0 Å². The summed E-state index contributed by atoms with van der Waals surface area (Å²) in [5.74, 6) is 0.406. The number of rotatable bonds is 3. The lowest BCUT2D eigenvalue weighted by molar-refractivity contribution is 0.323. The first kappa shape index (κ1) is 13.4. The van der Waals surface area contributed by atoms with Crippen molar-refractivity contribution in [3.05, 3.63) is 23.8 Å². The largest absolute Gasteiger partial charge is 0.396 e. The number of hydrogen-bond donors (Lipinski definition) is 2. The van der Waals surface area contributed by atoms with E-state index in [1.54, 1.807) is 12.1 Å². The van der Waals surface area contributed by atoms with Gasteiger partial charge in [-0.05, 0) is 24.1 Å². The molecule has 0 atom stereocenters. The Bertz CT molecular complexity index is 582. The van der Waals surface area contributed by atoms with Crippen molar-refractivity contribution in [3.8, 4) is 0 Å². The Morgan fingerprint density at radius 1 is 1.44 bits per heavy atom. The minimum absolute atomic E-state index is 0.0208. The zero-order valence-corrected chi connectivity index (χ0v) is 11.5. The third kappa shape index (κ3) is 2.68. The standard InChI is InChI=1S/C11H14N2O3S2/c1-2-8-3-4-9-10(7-8)18(15,16)13-11(12-9)17-6-5-14/h3-4,7,14H,2,5-6H2,1H3,(H,12,13). The molecule has 1 aliphatic rings. The number of nitrogens with one attached hydrogen (secondary N) is 1. The van der Waals surface area contributed by atoms with Gasteiger partial charge in [-0.1, -0.05) is 24.8 Å².